The number of nitrogens with one attached hydrogen (secondary N) is 1. The highest BCUT2D eigenvalue weighted by atomic mass is 32.2. The lowest BCUT2D eigenvalue weighted by Crippen LogP contribution is -2.38. The Bertz CT molecular complexity index is 1440. The molecule has 0 saturated carbocycles. The fraction of sp³-hybridized carbons (Fsp3) is 0.370. The van der Waals surface area contributed by atoms with Crippen molar-refractivity contribution in [2.45, 2.75) is 59.0 Å². The van der Waals surface area contributed by atoms with E-state index in [4.69, 9.17) is 9.47 Å². The number of imidazole rings is 1. The molecule has 0 aliphatic heterocycles. The molecule has 1 N–H and O–H groups in total. The molecule has 0 atom stereocenters. The van der Waals surface area contributed by atoms with Crippen LogP contribution in [0.15, 0.2) is 53.8 Å². The fourth-order valence-electron chi connectivity index (χ4n) is 3.88. The first-order valence-corrected chi connectivity index (χ1v) is 13.6. The van der Waals surface area contributed by atoms with Crippen LogP contribution in [0.5, 0.6) is 0 Å². The highest BCUT2D eigenvalue weighted by molar-refractivity contribution is 7.93. The lowest BCUT2D eigenvalue weighted by Gasteiger charge is -2.28. The van der Waals surface area contributed by atoms with Crippen LogP contribution in [0.2, 0.25) is 0 Å². The largest absolute Gasteiger partial charge is 0.465 e. The number of aryl methyl sites for hydroxylation is 3. The molecular formula is C27H34N4O6S. The number of ether oxygens (including phenoxy) is 2. The first-order chi connectivity index (χ1) is 17.7. The second-order valence-corrected chi connectivity index (χ2v) is 11.6. The van der Waals surface area contributed by atoms with E-state index < -0.39 is 34.2 Å². The molecule has 0 radical (unpaired) electrons. The first-order valence-electron chi connectivity index (χ1n) is 12.1. The molecule has 38 heavy (non-hydrogen) atoms. The van der Waals surface area contributed by atoms with Crippen LogP contribution in [0.25, 0.3) is 5.69 Å². The van der Waals surface area contributed by atoms with E-state index in [1.807, 2.05) is 13.1 Å². The Morgan fingerprint density at radius 3 is 2.37 bits per heavy atom. The number of benzene rings is 2. The molecule has 0 bridgehead atoms. The van der Waals surface area contributed by atoms with Gasteiger partial charge in [-0.3, -0.25) is 14.4 Å². The van der Waals surface area contributed by atoms with E-state index in [1.54, 1.807) is 82.8 Å². The maximum absolute atomic E-state index is 14.1. The van der Waals surface area contributed by atoms with Gasteiger partial charge in [0.1, 0.15) is 12.1 Å². The topological polar surface area (TPSA) is 120 Å². The van der Waals surface area contributed by atoms with Gasteiger partial charge >= 0.3 is 12.1 Å². The average Bonchev–Trinajstić information content (AvgIpc) is 3.23. The Hall–Kier alpha value is -3.86. The Morgan fingerprint density at radius 1 is 1.08 bits per heavy atom. The number of carbonyl (C=O) groups is 2. The van der Waals surface area contributed by atoms with E-state index in [9.17, 15) is 18.0 Å². The maximum atomic E-state index is 14.1. The zero-order chi connectivity index (χ0) is 28.3. The number of carbonyl (C=O) groups excluding carboxylic acids is 2. The fourth-order valence-corrected chi connectivity index (χ4v) is 5.58. The van der Waals surface area contributed by atoms with Crippen LogP contribution in [0.1, 0.15) is 44.5 Å². The van der Waals surface area contributed by atoms with E-state index in [1.165, 1.54) is 6.07 Å². The lowest BCUT2D eigenvalue weighted by atomic mass is 10.1. The zero-order valence-corrected chi connectivity index (χ0v) is 23.5. The molecule has 204 valence electrons. The zero-order valence-electron chi connectivity index (χ0n) is 22.7. The standard InChI is InChI=1S/C27H34N4O6S/c1-8-36-24(32)16-31(25-18(2)10-9-11-22(25)29-26(33)37-27(5,6)7)38(34,35)23-13-12-21(14-19(23)3)30-15-20(4)28-17-30/h9-15,17H,8,16H2,1-7H3,(H,29,33). The smallest absolute Gasteiger partial charge is 0.412 e. The predicted molar refractivity (Wildman–Crippen MR) is 145 cm³/mol. The quantitative estimate of drug-likeness (QED) is 0.402. The highest BCUT2D eigenvalue weighted by Gasteiger charge is 2.32. The molecule has 0 fully saturated rings. The average molecular weight is 543 g/mol. The van der Waals surface area contributed by atoms with Crippen LogP contribution in [0, 0.1) is 20.8 Å². The van der Waals surface area contributed by atoms with Gasteiger partial charge in [0.2, 0.25) is 0 Å². The van der Waals surface area contributed by atoms with Crippen molar-refractivity contribution in [1.29, 1.82) is 0 Å². The van der Waals surface area contributed by atoms with E-state index >= 15 is 0 Å². The van der Waals surface area contributed by atoms with Gasteiger partial charge in [0.15, 0.2) is 0 Å². The summed E-state index contributed by atoms with van der Waals surface area (Å²) < 4.78 is 41.5. The van der Waals surface area contributed by atoms with Crippen molar-refractivity contribution in [2.75, 3.05) is 22.8 Å². The molecule has 3 aromatic rings. The van der Waals surface area contributed by atoms with Gasteiger partial charge in [-0.15, -0.1) is 0 Å². The minimum absolute atomic E-state index is 0.00820. The Balaban J connectivity index is 2.12. The minimum atomic E-state index is -4.29. The monoisotopic (exact) mass is 542 g/mol. The summed E-state index contributed by atoms with van der Waals surface area (Å²) in [4.78, 5) is 29.4. The van der Waals surface area contributed by atoms with Gasteiger partial charge in [-0.05, 0) is 83.9 Å². The third-order valence-electron chi connectivity index (χ3n) is 5.44. The van der Waals surface area contributed by atoms with Gasteiger partial charge in [-0.1, -0.05) is 12.1 Å². The molecule has 11 heteroatoms. The number of amides is 1. The maximum Gasteiger partial charge on any atom is 0.412 e. The Morgan fingerprint density at radius 2 is 1.79 bits per heavy atom. The second-order valence-electron chi connectivity index (χ2n) is 9.79. The molecule has 2 aromatic carbocycles. The van der Waals surface area contributed by atoms with E-state index in [0.717, 1.165) is 15.7 Å². The molecule has 0 saturated heterocycles. The molecule has 0 unspecified atom stereocenters. The number of hydrogen-bond donors (Lipinski definition) is 1. The Labute approximate surface area is 223 Å². The third-order valence-corrected chi connectivity index (χ3v) is 7.34. The lowest BCUT2D eigenvalue weighted by molar-refractivity contribution is -0.141. The van der Waals surface area contributed by atoms with Crippen molar-refractivity contribution in [3.8, 4) is 5.69 Å². The number of anilines is 2. The molecule has 1 amide bonds. The number of para-hydroxylation sites is 1. The number of sulfonamides is 1. The van der Waals surface area contributed by atoms with Crippen LogP contribution in [-0.2, 0) is 24.3 Å². The SMILES string of the molecule is CCOC(=O)CN(c1c(C)cccc1NC(=O)OC(C)(C)C)S(=O)(=O)c1ccc(-n2cnc(C)c2)cc1C. The van der Waals surface area contributed by atoms with Gasteiger partial charge < -0.3 is 14.0 Å². The molecule has 1 aromatic heterocycles. The van der Waals surface area contributed by atoms with Gasteiger partial charge in [-0.25, -0.2) is 18.2 Å². The predicted octanol–water partition coefficient (Wildman–Crippen LogP) is 4.90. The Kier molecular flexibility index (Phi) is 8.51. The van der Waals surface area contributed by atoms with Crippen molar-refractivity contribution >= 4 is 33.5 Å². The summed E-state index contributed by atoms with van der Waals surface area (Å²) in [5, 5.41) is 2.64. The van der Waals surface area contributed by atoms with E-state index in [2.05, 4.69) is 10.3 Å². The van der Waals surface area contributed by atoms with Gasteiger partial charge in [0, 0.05) is 11.9 Å². The van der Waals surface area contributed by atoms with Crippen molar-refractivity contribution in [3.63, 3.8) is 0 Å². The van der Waals surface area contributed by atoms with Crippen molar-refractivity contribution < 1.29 is 27.5 Å². The van der Waals surface area contributed by atoms with Crippen LogP contribution in [0.4, 0.5) is 16.2 Å². The number of esters is 1. The second kappa shape index (κ2) is 11.3. The summed E-state index contributed by atoms with van der Waals surface area (Å²) in [6, 6.07) is 9.81. The van der Waals surface area contributed by atoms with E-state index in [-0.39, 0.29) is 22.9 Å². The summed E-state index contributed by atoms with van der Waals surface area (Å²) in [5.41, 5.74) is 2.10. The molecule has 0 spiro atoms. The highest BCUT2D eigenvalue weighted by Crippen LogP contribution is 2.35. The third kappa shape index (κ3) is 6.71. The van der Waals surface area contributed by atoms with Crippen molar-refractivity contribution in [2.24, 2.45) is 0 Å². The molecule has 0 aliphatic carbocycles. The summed E-state index contributed by atoms with van der Waals surface area (Å²) >= 11 is 0. The molecule has 3 rings (SSSR count). The summed E-state index contributed by atoms with van der Waals surface area (Å²) in [5.74, 6) is -0.731. The van der Waals surface area contributed by atoms with Crippen molar-refractivity contribution in [3.05, 3.63) is 65.7 Å². The molecule has 1 heterocycles. The molecule has 0 aliphatic rings. The minimum Gasteiger partial charge on any atom is -0.465 e. The van der Waals surface area contributed by atoms with Crippen LogP contribution in [-0.4, -0.2) is 48.8 Å². The van der Waals surface area contributed by atoms with E-state index in [0.29, 0.717) is 11.1 Å². The number of hydrogen-bond acceptors (Lipinski definition) is 7. The van der Waals surface area contributed by atoms with Crippen LogP contribution >= 0.6 is 0 Å². The summed E-state index contributed by atoms with van der Waals surface area (Å²) in [7, 11) is -4.29. The summed E-state index contributed by atoms with van der Waals surface area (Å²) in [6.07, 6.45) is 2.72. The molecule has 10 nitrogen and oxygen atoms in total. The van der Waals surface area contributed by atoms with Gasteiger partial charge in [0.25, 0.3) is 10.0 Å². The first kappa shape index (κ1) is 28.7. The van der Waals surface area contributed by atoms with Crippen LogP contribution < -0.4 is 9.62 Å². The van der Waals surface area contributed by atoms with Gasteiger partial charge in [-0.2, -0.15) is 0 Å². The van der Waals surface area contributed by atoms with Crippen LogP contribution in [0.3, 0.4) is 0 Å². The number of nitrogens with zero attached hydrogens (tertiary/aromatic N) is 3. The normalized spacial score (nSPS) is 11.7. The van der Waals surface area contributed by atoms with Crippen molar-refractivity contribution in [1.82, 2.24) is 9.55 Å². The molecular weight excluding hydrogens is 508 g/mol. The van der Waals surface area contributed by atoms with Gasteiger partial charge in [0.05, 0.1) is 34.9 Å². The number of rotatable bonds is 8. The number of aromatic nitrogens is 2. The summed E-state index contributed by atoms with van der Waals surface area (Å²) in [6.45, 7) is 11.5.